The highest BCUT2D eigenvalue weighted by Crippen LogP contribution is 2.40. The first-order valence-electron chi connectivity index (χ1n) is 4.06. The van der Waals surface area contributed by atoms with Crippen molar-refractivity contribution in [3.8, 4) is 5.75 Å². The topological polar surface area (TPSA) is 92.8 Å². The van der Waals surface area contributed by atoms with Crippen molar-refractivity contribution < 1.29 is 18.9 Å². The number of nitrogen functional groups attached to an aromatic ring is 1. The van der Waals surface area contributed by atoms with E-state index in [0.29, 0.717) is 0 Å². The molecule has 78 valence electrons. The lowest BCUT2D eigenvalue weighted by molar-refractivity contribution is 0.283. The lowest BCUT2D eigenvalue weighted by Crippen LogP contribution is -1.96. The lowest BCUT2D eigenvalue weighted by atomic mass is 10.1. The molecule has 4 N–H and O–H groups in total. The third-order valence-electron chi connectivity index (χ3n) is 1.70. The Bertz CT molecular complexity index is 374. The van der Waals surface area contributed by atoms with Gasteiger partial charge in [0, 0.05) is 0 Å². The van der Waals surface area contributed by atoms with E-state index in [1.54, 1.807) is 12.1 Å². The normalized spacial score (nSPS) is 11.4. The van der Waals surface area contributed by atoms with E-state index in [9.17, 15) is 4.57 Å². The summed E-state index contributed by atoms with van der Waals surface area (Å²) in [6.07, 6.45) is 0.748. The molecule has 0 aliphatic rings. The van der Waals surface area contributed by atoms with Crippen LogP contribution in [0.3, 0.4) is 0 Å². The SMILES string of the molecule is CCc1ccc(N)c(OP(=O)(O)O)c1. The van der Waals surface area contributed by atoms with E-state index < -0.39 is 7.82 Å². The van der Waals surface area contributed by atoms with E-state index in [-0.39, 0.29) is 11.4 Å². The number of hydrogen-bond donors (Lipinski definition) is 3. The number of benzene rings is 1. The van der Waals surface area contributed by atoms with Crippen LogP contribution in [0.1, 0.15) is 12.5 Å². The summed E-state index contributed by atoms with van der Waals surface area (Å²) in [5.74, 6) is 0.0256. The minimum Gasteiger partial charge on any atom is -0.402 e. The minimum absolute atomic E-state index is 0.0256. The quantitative estimate of drug-likeness (QED) is 0.524. The van der Waals surface area contributed by atoms with E-state index in [1.807, 2.05) is 6.92 Å². The van der Waals surface area contributed by atoms with Gasteiger partial charge in [-0.15, -0.1) is 0 Å². The predicted octanol–water partition coefficient (Wildman–Crippen LogP) is 1.30. The Balaban J connectivity index is 3.01. The Morgan fingerprint density at radius 1 is 1.50 bits per heavy atom. The van der Waals surface area contributed by atoms with Gasteiger partial charge in [-0.2, -0.15) is 0 Å². The zero-order chi connectivity index (χ0) is 10.8. The van der Waals surface area contributed by atoms with Crippen molar-refractivity contribution in [3.63, 3.8) is 0 Å². The van der Waals surface area contributed by atoms with Crippen molar-refractivity contribution in [1.29, 1.82) is 0 Å². The highest BCUT2D eigenvalue weighted by atomic mass is 31.2. The van der Waals surface area contributed by atoms with Gasteiger partial charge in [-0.3, -0.25) is 9.79 Å². The average Bonchev–Trinajstić information content (AvgIpc) is 2.06. The molecular weight excluding hydrogens is 205 g/mol. The van der Waals surface area contributed by atoms with Crippen LogP contribution in [0.2, 0.25) is 0 Å². The summed E-state index contributed by atoms with van der Waals surface area (Å²) in [7, 11) is -4.52. The molecule has 0 fully saturated rings. The number of phosphoric acid groups is 1. The van der Waals surface area contributed by atoms with E-state index in [2.05, 4.69) is 4.52 Å². The zero-order valence-corrected chi connectivity index (χ0v) is 8.57. The van der Waals surface area contributed by atoms with Gasteiger partial charge in [-0.25, -0.2) is 4.57 Å². The Labute approximate surface area is 81.8 Å². The fraction of sp³-hybridized carbons (Fsp3) is 0.250. The number of phosphoric ester groups is 1. The van der Waals surface area contributed by atoms with E-state index in [1.165, 1.54) is 6.07 Å². The zero-order valence-electron chi connectivity index (χ0n) is 7.67. The maximum atomic E-state index is 10.6. The maximum absolute atomic E-state index is 10.6. The van der Waals surface area contributed by atoms with Gasteiger partial charge in [0.1, 0.15) is 0 Å². The molecule has 0 radical (unpaired) electrons. The Morgan fingerprint density at radius 3 is 2.64 bits per heavy atom. The smallest absolute Gasteiger partial charge is 0.402 e. The molecule has 0 saturated carbocycles. The molecule has 0 unspecified atom stereocenters. The highest BCUT2D eigenvalue weighted by Gasteiger charge is 2.17. The van der Waals surface area contributed by atoms with Crippen LogP contribution >= 0.6 is 7.82 Å². The van der Waals surface area contributed by atoms with Crippen LogP contribution in [0.25, 0.3) is 0 Å². The van der Waals surface area contributed by atoms with Crippen LogP contribution in [0, 0.1) is 0 Å². The van der Waals surface area contributed by atoms with Gasteiger partial charge in [-0.1, -0.05) is 13.0 Å². The van der Waals surface area contributed by atoms with E-state index >= 15 is 0 Å². The fourth-order valence-corrected chi connectivity index (χ4v) is 1.42. The summed E-state index contributed by atoms with van der Waals surface area (Å²) in [6.45, 7) is 1.92. The molecular formula is C8H12NO4P. The first-order valence-corrected chi connectivity index (χ1v) is 5.59. The first-order chi connectivity index (χ1) is 6.42. The number of anilines is 1. The molecule has 0 amide bonds. The molecule has 0 saturated heterocycles. The average molecular weight is 217 g/mol. The van der Waals surface area contributed by atoms with Gasteiger partial charge >= 0.3 is 7.82 Å². The second kappa shape index (κ2) is 4.00. The first kappa shape index (κ1) is 11.0. The van der Waals surface area contributed by atoms with Crippen molar-refractivity contribution in [3.05, 3.63) is 23.8 Å². The summed E-state index contributed by atoms with van der Waals surface area (Å²) in [4.78, 5) is 17.2. The largest absolute Gasteiger partial charge is 0.524 e. The summed E-state index contributed by atoms with van der Waals surface area (Å²) < 4.78 is 15.0. The van der Waals surface area contributed by atoms with Crippen molar-refractivity contribution in [2.45, 2.75) is 13.3 Å². The molecule has 6 heteroatoms. The second-order valence-electron chi connectivity index (χ2n) is 2.81. The van der Waals surface area contributed by atoms with Gasteiger partial charge in [0.05, 0.1) is 5.69 Å². The molecule has 0 aliphatic heterocycles. The monoisotopic (exact) mass is 217 g/mol. The molecule has 1 aromatic rings. The van der Waals surface area contributed by atoms with Crippen molar-refractivity contribution in [2.24, 2.45) is 0 Å². The second-order valence-corrected chi connectivity index (χ2v) is 3.97. The number of aryl methyl sites for hydroxylation is 1. The fourth-order valence-electron chi connectivity index (χ4n) is 1.01. The van der Waals surface area contributed by atoms with Gasteiger partial charge < -0.3 is 10.3 Å². The third-order valence-corrected chi connectivity index (χ3v) is 2.14. The Morgan fingerprint density at radius 2 is 2.14 bits per heavy atom. The van der Waals surface area contributed by atoms with Crippen LogP contribution in [-0.2, 0) is 11.0 Å². The molecule has 14 heavy (non-hydrogen) atoms. The minimum atomic E-state index is -4.52. The summed E-state index contributed by atoms with van der Waals surface area (Å²) >= 11 is 0. The molecule has 1 aromatic carbocycles. The summed E-state index contributed by atoms with van der Waals surface area (Å²) in [5, 5.41) is 0. The third kappa shape index (κ3) is 3.03. The number of nitrogens with two attached hydrogens (primary N) is 1. The van der Waals surface area contributed by atoms with E-state index in [4.69, 9.17) is 15.5 Å². The number of rotatable bonds is 3. The molecule has 0 heterocycles. The van der Waals surface area contributed by atoms with Crippen molar-refractivity contribution in [1.82, 2.24) is 0 Å². The molecule has 0 atom stereocenters. The van der Waals surface area contributed by atoms with Crippen LogP contribution in [-0.4, -0.2) is 9.79 Å². The van der Waals surface area contributed by atoms with Crippen LogP contribution in [0.15, 0.2) is 18.2 Å². The Hall–Kier alpha value is -1.03. The molecule has 0 aromatic heterocycles. The van der Waals surface area contributed by atoms with Crippen molar-refractivity contribution >= 4 is 13.5 Å². The van der Waals surface area contributed by atoms with Crippen LogP contribution in [0.4, 0.5) is 5.69 Å². The molecule has 0 aliphatic carbocycles. The molecule has 0 bridgehead atoms. The van der Waals surface area contributed by atoms with Gasteiger partial charge in [0.15, 0.2) is 5.75 Å². The lowest BCUT2D eigenvalue weighted by Gasteiger charge is -2.10. The standard InChI is InChI=1S/C8H12NO4P/c1-2-6-3-4-7(9)8(5-6)13-14(10,11)12/h3-5H,2,9H2,1H3,(H2,10,11,12). The van der Waals surface area contributed by atoms with Crippen LogP contribution in [0.5, 0.6) is 5.75 Å². The van der Waals surface area contributed by atoms with Crippen molar-refractivity contribution in [2.75, 3.05) is 5.73 Å². The van der Waals surface area contributed by atoms with Crippen LogP contribution < -0.4 is 10.3 Å². The van der Waals surface area contributed by atoms with E-state index in [0.717, 1.165) is 12.0 Å². The predicted molar refractivity (Wildman–Crippen MR) is 52.9 cm³/mol. The highest BCUT2D eigenvalue weighted by molar-refractivity contribution is 7.46. The summed E-state index contributed by atoms with van der Waals surface area (Å²) in [6, 6.07) is 4.86. The molecule has 5 nitrogen and oxygen atoms in total. The Kier molecular flexibility index (Phi) is 3.16. The maximum Gasteiger partial charge on any atom is 0.524 e. The van der Waals surface area contributed by atoms with Gasteiger partial charge in [0.2, 0.25) is 0 Å². The molecule has 0 spiro atoms. The van der Waals surface area contributed by atoms with Gasteiger partial charge in [-0.05, 0) is 24.1 Å². The van der Waals surface area contributed by atoms with Gasteiger partial charge in [0.25, 0.3) is 0 Å². The number of hydrogen-bond acceptors (Lipinski definition) is 3. The molecule has 1 rings (SSSR count). The summed E-state index contributed by atoms with van der Waals surface area (Å²) in [5.41, 5.74) is 6.60.